The third-order valence-electron chi connectivity index (χ3n) is 8.61. The zero-order valence-electron chi connectivity index (χ0n) is 32.0. The van der Waals surface area contributed by atoms with Crippen molar-refractivity contribution in [3.63, 3.8) is 0 Å². The molecule has 1 saturated carbocycles. The van der Waals surface area contributed by atoms with Gasteiger partial charge in [-0.05, 0) is 37.1 Å². The Morgan fingerprint density at radius 3 is 1.37 bits per heavy atom. The Hall–Kier alpha value is -5.08. The Labute approximate surface area is 339 Å². The van der Waals surface area contributed by atoms with E-state index in [4.69, 9.17) is 0 Å². The minimum atomic E-state index is -4.64. The maximum Gasteiger partial charge on any atom is 0.433 e. The van der Waals surface area contributed by atoms with E-state index < -0.39 is 62.9 Å². The third kappa shape index (κ3) is 9.92. The van der Waals surface area contributed by atoms with Gasteiger partial charge in [-0.15, -0.1) is 0 Å². The highest BCUT2D eigenvalue weighted by Crippen LogP contribution is 2.34. The van der Waals surface area contributed by atoms with Crippen LogP contribution in [0.5, 0.6) is 0 Å². The molecular weight excluding hydrogens is 887 g/mol. The van der Waals surface area contributed by atoms with Crippen molar-refractivity contribution < 1.29 is 51.6 Å². The fourth-order valence-electron chi connectivity index (χ4n) is 5.47. The molecule has 1 fully saturated rings. The van der Waals surface area contributed by atoms with E-state index in [2.05, 4.69) is 38.9 Å². The molecule has 1 aliphatic rings. The van der Waals surface area contributed by atoms with Crippen LogP contribution in [0, 0.1) is 0 Å². The molecule has 0 saturated heterocycles. The highest BCUT2D eigenvalue weighted by molar-refractivity contribution is 7.94. The van der Waals surface area contributed by atoms with Crippen molar-refractivity contribution in [1.82, 2.24) is 39.5 Å². The molecule has 0 spiro atoms. The van der Waals surface area contributed by atoms with Gasteiger partial charge in [0.1, 0.15) is 21.2 Å². The van der Waals surface area contributed by atoms with E-state index in [1.807, 2.05) is 0 Å². The summed E-state index contributed by atoms with van der Waals surface area (Å²) in [6, 6.07) is 4.05. The minimum absolute atomic E-state index is 0.0111. The highest BCUT2D eigenvalue weighted by atomic mass is 32.2. The number of hydrogen-bond acceptors (Lipinski definition) is 14. The summed E-state index contributed by atoms with van der Waals surface area (Å²) in [6.45, 7) is 2.89. The van der Waals surface area contributed by atoms with Gasteiger partial charge >= 0.3 is 12.4 Å². The van der Waals surface area contributed by atoms with Crippen LogP contribution in [0.15, 0.2) is 80.0 Å². The second-order valence-electron chi connectivity index (χ2n) is 13.7. The third-order valence-corrected chi connectivity index (χ3v) is 15.0. The van der Waals surface area contributed by atoms with Crippen LogP contribution in [0.2, 0.25) is 0 Å². The number of alkyl halides is 6. The van der Waals surface area contributed by atoms with Crippen molar-refractivity contribution in [3.05, 3.63) is 72.8 Å². The number of halogens is 6. The van der Waals surface area contributed by atoms with Gasteiger partial charge in [0.05, 0.1) is 56.0 Å². The average molecular weight is 921 g/mol. The van der Waals surface area contributed by atoms with Crippen LogP contribution in [0.25, 0.3) is 33.4 Å². The lowest BCUT2D eigenvalue weighted by Gasteiger charge is -2.10. The topological polar surface area (TPSA) is 214 Å². The normalized spacial score (nSPS) is 15.1. The Morgan fingerprint density at radius 1 is 0.617 bits per heavy atom. The quantitative estimate of drug-likeness (QED) is 0.142. The molecule has 7 rings (SSSR count). The van der Waals surface area contributed by atoms with Gasteiger partial charge in [0.15, 0.2) is 31.3 Å². The molecule has 0 aliphatic heterocycles. The summed E-state index contributed by atoms with van der Waals surface area (Å²) < 4.78 is 163. The molecule has 60 heavy (non-hydrogen) atoms. The van der Waals surface area contributed by atoms with Crippen molar-refractivity contribution in [1.29, 1.82) is 0 Å². The van der Waals surface area contributed by atoms with Gasteiger partial charge < -0.3 is 0 Å². The molecule has 16 nitrogen and oxygen atoms in total. The van der Waals surface area contributed by atoms with E-state index >= 15 is 0 Å². The van der Waals surface area contributed by atoms with E-state index in [0.717, 1.165) is 46.7 Å². The summed E-state index contributed by atoms with van der Waals surface area (Å²) in [5, 5.41) is 8.64. The van der Waals surface area contributed by atoms with Crippen LogP contribution in [-0.2, 0) is 51.5 Å². The number of rotatable bonds is 9. The summed E-state index contributed by atoms with van der Waals surface area (Å²) in [4.78, 5) is 14.6. The highest BCUT2D eigenvalue weighted by Gasteiger charge is 2.34. The van der Waals surface area contributed by atoms with E-state index in [1.54, 1.807) is 0 Å². The zero-order chi connectivity index (χ0) is 44.2. The van der Waals surface area contributed by atoms with Gasteiger partial charge in [-0.1, -0.05) is 13.8 Å². The van der Waals surface area contributed by atoms with Gasteiger partial charge in [-0.3, -0.25) is 9.97 Å². The predicted octanol–water partition coefficient (Wildman–Crippen LogP) is 6.51. The standard InChI is InChI=1S/C18H18F3N5O3S2.C16H16F3N5O3S2/c1-3-31(28,29)15-6-12(25-30(2,27)13-4-5-13)9-23-17(15)26-10-11-8-22-16(18(19,20)21)7-14(11)24-26;1-4-29(26,27)13-5-11(23-28(2,3)25)8-21-15(13)24-9-10-7-20-14(16(17,18)19)6-12(10)22-24/h6-10,13H,3-5H2,1-2H3;5-9H,4H2,1-3H3. The Morgan fingerprint density at radius 2 is 1.02 bits per heavy atom. The van der Waals surface area contributed by atoms with Crippen molar-refractivity contribution >= 4 is 72.3 Å². The van der Waals surface area contributed by atoms with E-state index in [1.165, 1.54) is 69.5 Å². The van der Waals surface area contributed by atoms with Crippen LogP contribution in [0.1, 0.15) is 38.1 Å². The SMILES string of the molecule is CCS(=O)(=O)c1cc(N=S(C)(=O)C2CC2)cnc1-n1cc2cnc(C(F)(F)F)cc2n1.CCS(=O)(=O)c1cc(N=S(C)(C)=O)cnc1-n1cc2cnc(C(F)(F)F)cc2n1. The molecule has 322 valence electrons. The van der Waals surface area contributed by atoms with Gasteiger partial charge in [0.2, 0.25) is 0 Å². The van der Waals surface area contributed by atoms with Gasteiger partial charge in [-0.2, -0.15) is 45.3 Å². The Kier molecular flexibility index (Phi) is 11.7. The zero-order valence-corrected chi connectivity index (χ0v) is 35.3. The first kappa shape index (κ1) is 44.5. The fourth-order valence-corrected chi connectivity index (χ4v) is 9.83. The lowest BCUT2D eigenvalue weighted by atomic mass is 10.3. The molecule has 0 aromatic carbocycles. The first-order valence-corrected chi connectivity index (χ1v) is 25.0. The number of pyridine rings is 4. The molecule has 6 aromatic heterocycles. The monoisotopic (exact) mass is 920 g/mol. The largest absolute Gasteiger partial charge is 0.433 e. The van der Waals surface area contributed by atoms with Crippen LogP contribution < -0.4 is 0 Å². The molecule has 0 N–H and O–H groups in total. The lowest BCUT2D eigenvalue weighted by molar-refractivity contribution is -0.141. The van der Waals surface area contributed by atoms with Crippen molar-refractivity contribution in [3.8, 4) is 11.6 Å². The van der Waals surface area contributed by atoms with E-state index in [0.29, 0.717) is 0 Å². The molecular formula is C34H34F6N10O6S4. The molecule has 1 atom stereocenters. The minimum Gasteiger partial charge on any atom is -0.251 e. The second-order valence-corrected chi connectivity index (χ2v) is 23.3. The van der Waals surface area contributed by atoms with Crippen molar-refractivity contribution in [2.45, 2.75) is 54.1 Å². The molecule has 26 heteroatoms. The maximum absolute atomic E-state index is 12.9. The van der Waals surface area contributed by atoms with Gasteiger partial charge in [-0.25, -0.2) is 44.6 Å². The van der Waals surface area contributed by atoms with Crippen LogP contribution >= 0.6 is 0 Å². The summed E-state index contributed by atoms with van der Waals surface area (Å²) >= 11 is 0. The number of sulfone groups is 2. The van der Waals surface area contributed by atoms with Crippen LogP contribution in [-0.4, -0.2) is 100 Å². The predicted molar refractivity (Wildman–Crippen MR) is 210 cm³/mol. The smallest absolute Gasteiger partial charge is 0.251 e. The summed E-state index contributed by atoms with van der Waals surface area (Å²) in [6.07, 6.45) is 3.85. The van der Waals surface area contributed by atoms with Crippen LogP contribution in [0.4, 0.5) is 37.7 Å². The molecule has 0 radical (unpaired) electrons. The number of nitrogens with zero attached hydrogens (tertiary/aromatic N) is 10. The van der Waals surface area contributed by atoms with E-state index in [9.17, 15) is 51.6 Å². The van der Waals surface area contributed by atoms with Gasteiger partial charge in [0, 0.05) is 69.3 Å². The first-order valence-electron chi connectivity index (χ1n) is 17.4. The first-order chi connectivity index (χ1) is 27.7. The summed E-state index contributed by atoms with van der Waals surface area (Å²) in [5.41, 5.74) is -1.98. The number of aromatic nitrogens is 8. The fraction of sp³-hybridized carbons (Fsp3) is 0.353. The molecule has 1 aliphatic carbocycles. The lowest BCUT2D eigenvalue weighted by Crippen LogP contribution is -2.11. The summed E-state index contributed by atoms with van der Waals surface area (Å²) in [7, 11) is -12.7. The van der Waals surface area contributed by atoms with Crippen LogP contribution in [0.3, 0.4) is 0 Å². The molecule has 0 bridgehead atoms. The van der Waals surface area contributed by atoms with Gasteiger partial charge in [0.25, 0.3) is 0 Å². The molecule has 0 amide bonds. The van der Waals surface area contributed by atoms with Crippen molar-refractivity contribution in [2.24, 2.45) is 8.73 Å². The average Bonchev–Trinajstić information content (AvgIpc) is 3.81. The van der Waals surface area contributed by atoms with E-state index in [-0.39, 0.29) is 71.4 Å². The molecule has 1 unspecified atom stereocenters. The Balaban J connectivity index is 0.000000202. The number of fused-ring (bicyclic) bond motifs is 2. The maximum atomic E-state index is 12.9. The Bertz CT molecular complexity index is 3140. The second kappa shape index (κ2) is 15.7. The number of hydrogen-bond donors (Lipinski definition) is 0. The molecule has 6 heterocycles. The van der Waals surface area contributed by atoms with Crippen molar-refractivity contribution in [2.75, 3.05) is 30.3 Å². The summed E-state index contributed by atoms with van der Waals surface area (Å²) in [5.74, 6) is -0.677. The molecule has 6 aromatic rings.